The quantitative estimate of drug-likeness (QED) is 0.811. The number of carbonyl (C=O) groups is 1. The van der Waals surface area contributed by atoms with E-state index in [1.54, 1.807) is 19.1 Å². The highest BCUT2D eigenvalue weighted by atomic mass is 79.9. The standard InChI is InChI=1S/C16H13BrF3NO/c1-10(11-6-8-12(17)9-7-11)21-15(22)13-4-2-3-5-14(13)16(18,19)20/h2-10H,1H3,(H,21,22)/t10-/m1/s1. The van der Waals surface area contributed by atoms with Gasteiger partial charge < -0.3 is 5.32 Å². The summed E-state index contributed by atoms with van der Waals surface area (Å²) in [5.74, 6) is -0.747. The number of alkyl halides is 3. The molecule has 0 unspecified atom stereocenters. The van der Waals surface area contributed by atoms with Crippen LogP contribution in [-0.2, 0) is 6.18 Å². The zero-order valence-corrected chi connectivity index (χ0v) is 13.2. The lowest BCUT2D eigenvalue weighted by Gasteiger charge is -2.17. The fraction of sp³-hybridized carbons (Fsp3) is 0.188. The maximum absolute atomic E-state index is 12.9. The van der Waals surface area contributed by atoms with Gasteiger partial charge in [0, 0.05) is 4.47 Å². The van der Waals surface area contributed by atoms with Crippen LogP contribution in [0, 0.1) is 0 Å². The number of carbonyl (C=O) groups excluding carboxylic acids is 1. The number of halogens is 4. The monoisotopic (exact) mass is 371 g/mol. The zero-order chi connectivity index (χ0) is 16.3. The Kier molecular flexibility index (Phi) is 4.90. The van der Waals surface area contributed by atoms with Gasteiger partial charge in [-0.1, -0.05) is 40.2 Å². The zero-order valence-electron chi connectivity index (χ0n) is 11.6. The van der Waals surface area contributed by atoms with Crippen molar-refractivity contribution in [2.45, 2.75) is 19.1 Å². The number of benzene rings is 2. The summed E-state index contributed by atoms with van der Waals surface area (Å²) in [5, 5.41) is 2.59. The lowest BCUT2D eigenvalue weighted by atomic mass is 10.0. The number of rotatable bonds is 3. The molecule has 0 fully saturated rings. The minimum atomic E-state index is -4.56. The Balaban J connectivity index is 2.21. The third-order valence-corrected chi connectivity index (χ3v) is 3.72. The van der Waals surface area contributed by atoms with Gasteiger partial charge in [0.2, 0.25) is 0 Å². The summed E-state index contributed by atoms with van der Waals surface area (Å²) < 4.78 is 39.7. The summed E-state index contributed by atoms with van der Waals surface area (Å²) >= 11 is 3.30. The van der Waals surface area contributed by atoms with Crippen LogP contribution in [0.3, 0.4) is 0 Å². The van der Waals surface area contributed by atoms with E-state index in [1.165, 1.54) is 18.2 Å². The van der Waals surface area contributed by atoms with Gasteiger partial charge in [0.05, 0.1) is 17.2 Å². The Morgan fingerprint density at radius 2 is 1.68 bits per heavy atom. The van der Waals surface area contributed by atoms with Crippen molar-refractivity contribution in [3.8, 4) is 0 Å². The van der Waals surface area contributed by atoms with E-state index in [0.29, 0.717) is 0 Å². The molecular weight excluding hydrogens is 359 g/mol. The molecule has 116 valence electrons. The first-order valence-corrected chi connectivity index (χ1v) is 7.31. The maximum atomic E-state index is 12.9. The molecule has 1 N–H and O–H groups in total. The Morgan fingerprint density at radius 1 is 1.09 bits per heavy atom. The first kappa shape index (κ1) is 16.5. The van der Waals surface area contributed by atoms with E-state index < -0.39 is 23.7 Å². The second-order valence-electron chi connectivity index (χ2n) is 4.79. The van der Waals surface area contributed by atoms with Gasteiger partial charge in [0.1, 0.15) is 0 Å². The van der Waals surface area contributed by atoms with Crippen LogP contribution in [0.2, 0.25) is 0 Å². The van der Waals surface area contributed by atoms with Crippen molar-refractivity contribution in [1.82, 2.24) is 5.32 Å². The number of nitrogens with one attached hydrogen (secondary N) is 1. The highest BCUT2D eigenvalue weighted by Crippen LogP contribution is 2.32. The van der Waals surface area contributed by atoms with Crippen molar-refractivity contribution in [3.63, 3.8) is 0 Å². The van der Waals surface area contributed by atoms with Crippen molar-refractivity contribution in [3.05, 3.63) is 69.7 Å². The maximum Gasteiger partial charge on any atom is 0.417 e. The molecule has 0 heterocycles. The fourth-order valence-electron chi connectivity index (χ4n) is 2.04. The van der Waals surface area contributed by atoms with Gasteiger partial charge in [-0.3, -0.25) is 4.79 Å². The van der Waals surface area contributed by atoms with Gasteiger partial charge in [-0.05, 0) is 36.8 Å². The fourth-order valence-corrected chi connectivity index (χ4v) is 2.30. The topological polar surface area (TPSA) is 29.1 Å². The number of hydrogen-bond donors (Lipinski definition) is 1. The van der Waals surface area contributed by atoms with E-state index in [-0.39, 0.29) is 5.56 Å². The molecule has 2 rings (SSSR count). The highest BCUT2D eigenvalue weighted by molar-refractivity contribution is 9.10. The molecule has 0 spiro atoms. The van der Waals surface area contributed by atoms with Gasteiger partial charge in [-0.15, -0.1) is 0 Å². The third kappa shape index (κ3) is 3.88. The molecule has 22 heavy (non-hydrogen) atoms. The first-order chi connectivity index (χ1) is 10.3. The average Bonchev–Trinajstić information content (AvgIpc) is 2.47. The molecular formula is C16H13BrF3NO. The van der Waals surface area contributed by atoms with E-state index in [2.05, 4.69) is 21.2 Å². The predicted molar refractivity (Wildman–Crippen MR) is 81.5 cm³/mol. The molecule has 0 aromatic heterocycles. The lowest BCUT2D eigenvalue weighted by molar-refractivity contribution is -0.137. The van der Waals surface area contributed by atoms with Crippen LogP contribution in [0.5, 0.6) is 0 Å². The molecule has 2 nitrogen and oxygen atoms in total. The van der Waals surface area contributed by atoms with E-state index >= 15 is 0 Å². The van der Waals surface area contributed by atoms with Crippen molar-refractivity contribution < 1.29 is 18.0 Å². The van der Waals surface area contributed by atoms with Crippen LogP contribution < -0.4 is 5.32 Å². The summed E-state index contributed by atoms with van der Waals surface area (Å²) in [7, 11) is 0. The van der Waals surface area contributed by atoms with Crippen molar-refractivity contribution in [2.75, 3.05) is 0 Å². The molecule has 2 aromatic carbocycles. The first-order valence-electron chi connectivity index (χ1n) is 6.51. The molecule has 1 atom stereocenters. The molecule has 1 amide bonds. The summed E-state index contributed by atoms with van der Waals surface area (Å²) in [6.45, 7) is 1.72. The average molecular weight is 372 g/mol. The van der Waals surface area contributed by atoms with Gasteiger partial charge in [-0.2, -0.15) is 13.2 Å². The summed E-state index contributed by atoms with van der Waals surface area (Å²) in [6, 6.07) is 11.6. The predicted octanol–water partition coefficient (Wildman–Crippen LogP) is 4.96. The summed E-state index contributed by atoms with van der Waals surface area (Å²) in [6.07, 6.45) is -4.56. The number of amides is 1. The Hall–Kier alpha value is -1.82. The molecule has 0 aliphatic rings. The van der Waals surface area contributed by atoms with E-state index in [4.69, 9.17) is 0 Å². The summed E-state index contributed by atoms with van der Waals surface area (Å²) in [4.78, 5) is 12.1. The van der Waals surface area contributed by atoms with Crippen molar-refractivity contribution >= 4 is 21.8 Å². The van der Waals surface area contributed by atoms with Crippen LogP contribution in [0.4, 0.5) is 13.2 Å². The van der Waals surface area contributed by atoms with Crippen LogP contribution in [-0.4, -0.2) is 5.91 Å². The van der Waals surface area contributed by atoms with Gasteiger partial charge in [0.15, 0.2) is 0 Å². The van der Waals surface area contributed by atoms with Crippen molar-refractivity contribution in [2.24, 2.45) is 0 Å². The molecule has 0 aliphatic heterocycles. The second-order valence-corrected chi connectivity index (χ2v) is 5.71. The summed E-state index contributed by atoms with van der Waals surface area (Å²) in [5.41, 5.74) is -0.504. The molecule has 0 saturated carbocycles. The van der Waals surface area contributed by atoms with Gasteiger partial charge in [-0.25, -0.2) is 0 Å². The third-order valence-electron chi connectivity index (χ3n) is 3.19. The second kappa shape index (κ2) is 6.52. The number of hydrogen-bond acceptors (Lipinski definition) is 1. The Labute approximate surface area is 134 Å². The molecule has 0 aliphatic carbocycles. The van der Waals surface area contributed by atoms with Gasteiger partial charge in [0.25, 0.3) is 5.91 Å². The van der Waals surface area contributed by atoms with Gasteiger partial charge >= 0.3 is 6.18 Å². The Morgan fingerprint density at radius 3 is 2.27 bits per heavy atom. The van der Waals surface area contributed by atoms with Crippen LogP contribution in [0.15, 0.2) is 53.0 Å². The van der Waals surface area contributed by atoms with E-state index in [9.17, 15) is 18.0 Å². The smallest absolute Gasteiger partial charge is 0.346 e. The molecule has 0 saturated heterocycles. The van der Waals surface area contributed by atoms with Crippen molar-refractivity contribution in [1.29, 1.82) is 0 Å². The largest absolute Gasteiger partial charge is 0.417 e. The molecule has 2 aromatic rings. The Bertz CT molecular complexity index is 668. The SMILES string of the molecule is C[C@@H](NC(=O)c1ccccc1C(F)(F)F)c1ccc(Br)cc1. The lowest BCUT2D eigenvalue weighted by Crippen LogP contribution is -2.28. The highest BCUT2D eigenvalue weighted by Gasteiger charge is 2.35. The minimum absolute atomic E-state index is 0.376. The minimum Gasteiger partial charge on any atom is -0.346 e. The molecule has 0 radical (unpaired) electrons. The van der Waals surface area contributed by atoms with Crippen LogP contribution >= 0.6 is 15.9 Å². The van der Waals surface area contributed by atoms with Crippen LogP contribution in [0.1, 0.15) is 34.5 Å². The molecule has 0 bridgehead atoms. The van der Waals surface area contributed by atoms with Crippen LogP contribution in [0.25, 0.3) is 0 Å². The van der Waals surface area contributed by atoms with E-state index in [0.717, 1.165) is 16.1 Å². The molecule has 6 heteroatoms. The van der Waals surface area contributed by atoms with E-state index in [1.807, 2.05) is 12.1 Å². The normalized spacial score (nSPS) is 12.8.